The fourth-order valence-electron chi connectivity index (χ4n) is 6.24. The third kappa shape index (κ3) is 9.17. The molecule has 58 heavy (non-hydrogen) atoms. The van der Waals surface area contributed by atoms with Crippen molar-refractivity contribution in [3.63, 3.8) is 0 Å². The largest absolute Gasteiger partial charge is 0.459 e. The van der Waals surface area contributed by atoms with E-state index in [0.717, 1.165) is 28.5 Å². The minimum atomic E-state index is -1.93. The topological polar surface area (TPSA) is 201 Å². The number of benzene rings is 4. The zero-order valence-electron chi connectivity index (χ0n) is 32.3. The molecular formula is C43H41N5O9S. The Kier molecular flexibility index (Phi) is 12.5. The number of thioether (sulfide) groups is 1. The Morgan fingerprint density at radius 1 is 0.793 bits per heavy atom. The molecule has 1 aliphatic heterocycles. The highest BCUT2D eigenvalue weighted by molar-refractivity contribution is 8.13. The Morgan fingerprint density at radius 2 is 1.33 bits per heavy atom. The van der Waals surface area contributed by atoms with Crippen LogP contribution in [0, 0.1) is 20.8 Å². The van der Waals surface area contributed by atoms with Gasteiger partial charge in [0.1, 0.15) is 24.5 Å². The molecule has 6 rings (SSSR count). The number of nitrogens with one attached hydrogen (secondary N) is 2. The van der Waals surface area contributed by atoms with Crippen molar-refractivity contribution in [2.45, 2.75) is 51.6 Å². The van der Waals surface area contributed by atoms with E-state index in [0.29, 0.717) is 5.56 Å². The molecule has 4 aromatic carbocycles. The van der Waals surface area contributed by atoms with Crippen molar-refractivity contribution in [1.29, 1.82) is 0 Å². The number of ether oxygens (including phenoxy) is 4. The van der Waals surface area contributed by atoms with E-state index in [9.17, 15) is 24.0 Å². The molecule has 1 aliphatic rings. The Labute approximate surface area is 338 Å². The molecule has 2 amide bonds. The Hall–Kier alpha value is -6.58. The molecule has 0 radical (unpaired) electrons. The Bertz CT molecular complexity index is 2350. The number of aryl methyl sites for hydroxylation is 3. The SMILES string of the molecule is CSC(=Nc1c(C(N)=O)n[nH]c1[C@@H]1O[C@H](COC(=O)c2ccc(C)cc2)[C@@H](OC(=O)c2ccc(C)cc2)[C@@]1(C)OC(=O)c1ccc(C)cc1)NC(=O)c1ccccc1. The Morgan fingerprint density at radius 3 is 1.86 bits per heavy atom. The van der Waals surface area contributed by atoms with Gasteiger partial charge < -0.3 is 30.0 Å². The zero-order valence-corrected chi connectivity index (χ0v) is 33.1. The normalized spacial score (nSPS) is 18.9. The summed E-state index contributed by atoms with van der Waals surface area (Å²) in [6.07, 6.45) is -2.47. The summed E-state index contributed by atoms with van der Waals surface area (Å²) < 4.78 is 24.8. The van der Waals surface area contributed by atoms with Gasteiger partial charge in [-0.15, -0.1) is 0 Å². The molecule has 4 atom stereocenters. The van der Waals surface area contributed by atoms with E-state index >= 15 is 0 Å². The van der Waals surface area contributed by atoms with E-state index in [4.69, 9.17) is 24.7 Å². The number of hydrogen-bond donors (Lipinski definition) is 3. The summed E-state index contributed by atoms with van der Waals surface area (Å²) in [6, 6.07) is 28.4. The van der Waals surface area contributed by atoms with Gasteiger partial charge in [0.25, 0.3) is 11.8 Å². The van der Waals surface area contributed by atoms with E-state index < -0.39 is 60.2 Å². The molecule has 0 aliphatic carbocycles. The van der Waals surface area contributed by atoms with Crippen LogP contribution in [-0.4, -0.2) is 75.8 Å². The predicted molar refractivity (Wildman–Crippen MR) is 216 cm³/mol. The minimum absolute atomic E-state index is 0.0164. The molecule has 298 valence electrons. The molecule has 1 aromatic heterocycles. The molecule has 5 aromatic rings. The van der Waals surface area contributed by atoms with Crippen molar-refractivity contribution in [2.75, 3.05) is 12.9 Å². The standard InChI is InChI=1S/C43H41N5O9S/c1-24-11-17-28(18-12-24)39(51)54-23-31-35(56-40(52)29-19-13-25(2)14-20-29)43(4,57-41(53)30-21-15-26(3)16-22-30)36(55-31)33-32(34(37(44)49)48-47-33)45-42(58-5)46-38(50)27-9-7-6-8-10-27/h6-22,31,35-36H,23H2,1-5H3,(H2,44,49)(H,47,48)(H,45,46,50)/t31-,35-,36+,43-/m1/s1. The molecule has 0 unspecified atom stereocenters. The Balaban J connectivity index is 1.45. The smallest absolute Gasteiger partial charge is 0.338 e. The fraction of sp³-hybridized carbons (Fsp3) is 0.233. The number of primary amides is 1. The van der Waals surface area contributed by atoms with Gasteiger partial charge in [-0.3, -0.25) is 14.7 Å². The number of aliphatic imine (C=N–C) groups is 1. The summed E-state index contributed by atoms with van der Waals surface area (Å²) in [7, 11) is 0. The number of hydrogen-bond acceptors (Lipinski definition) is 12. The van der Waals surface area contributed by atoms with Gasteiger partial charge in [0.15, 0.2) is 22.6 Å². The number of rotatable bonds is 11. The van der Waals surface area contributed by atoms with Crippen LogP contribution in [0.15, 0.2) is 108 Å². The number of nitrogens with zero attached hydrogens (tertiary/aromatic N) is 2. The van der Waals surface area contributed by atoms with Crippen LogP contribution in [0.3, 0.4) is 0 Å². The van der Waals surface area contributed by atoms with Gasteiger partial charge in [0, 0.05) is 5.56 Å². The third-order valence-electron chi connectivity index (χ3n) is 9.45. The highest BCUT2D eigenvalue weighted by Crippen LogP contribution is 2.49. The number of nitrogens with two attached hydrogens (primary N) is 1. The summed E-state index contributed by atoms with van der Waals surface area (Å²) >= 11 is 1.06. The lowest BCUT2D eigenvalue weighted by molar-refractivity contribution is -0.0895. The molecule has 14 nitrogen and oxygen atoms in total. The van der Waals surface area contributed by atoms with Crippen molar-refractivity contribution >= 4 is 52.3 Å². The summed E-state index contributed by atoms with van der Waals surface area (Å²) in [5.74, 6) is -3.72. The molecule has 1 saturated heterocycles. The number of esters is 3. The summed E-state index contributed by atoms with van der Waals surface area (Å²) in [6.45, 7) is 6.63. The van der Waals surface area contributed by atoms with E-state index in [1.54, 1.807) is 109 Å². The predicted octanol–water partition coefficient (Wildman–Crippen LogP) is 6.35. The van der Waals surface area contributed by atoms with Crippen LogP contribution in [-0.2, 0) is 18.9 Å². The molecule has 1 fully saturated rings. The lowest BCUT2D eigenvalue weighted by atomic mass is 9.89. The summed E-state index contributed by atoms with van der Waals surface area (Å²) in [4.78, 5) is 71.8. The van der Waals surface area contributed by atoms with Gasteiger partial charge in [-0.2, -0.15) is 5.10 Å². The molecule has 0 spiro atoms. The van der Waals surface area contributed by atoms with Crippen LogP contribution >= 0.6 is 11.8 Å². The molecule has 0 bridgehead atoms. The monoisotopic (exact) mass is 803 g/mol. The van der Waals surface area contributed by atoms with Gasteiger partial charge in [0.2, 0.25) is 0 Å². The first-order valence-corrected chi connectivity index (χ1v) is 19.3. The number of aromatic amines is 1. The average Bonchev–Trinajstić information content (AvgIpc) is 3.74. The molecular weight excluding hydrogens is 763 g/mol. The molecule has 4 N–H and O–H groups in total. The van der Waals surface area contributed by atoms with E-state index in [2.05, 4.69) is 20.5 Å². The summed E-state index contributed by atoms with van der Waals surface area (Å²) in [5.41, 5.74) is 7.08. The van der Waals surface area contributed by atoms with Gasteiger partial charge >= 0.3 is 17.9 Å². The fourth-order valence-corrected chi connectivity index (χ4v) is 6.62. The summed E-state index contributed by atoms with van der Waals surface area (Å²) in [5, 5.41) is 9.70. The van der Waals surface area contributed by atoms with Gasteiger partial charge in [-0.25, -0.2) is 19.4 Å². The van der Waals surface area contributed by atoms with Crippen LogP contribution in [0.4, 0.5) is 5.69 Å². The van der Waals surface area contributed by atoms with E-state index in [1.807, 2.05) is 20.8 Å². The lowest BCUT2D eigenvalue weighted by Crippen LogP contribution is -2.49. The second kappa shape index (κ2) is 17.7. The highest BCUT2D eigenvalue weighted by Gasteiger charge is 2.61. The number of amidine groups is 1. The van der Waals surface area contributed by atoms with Crippen molar-refractivity contribution in [1.82, 2.24) is 15.5 Å². The number of aromatic nitrogens is 2. The third-order valence-corrected chi connectivity index (χ3v) is 10.0. The van der Waals surface area contributed by atoms with Crippen molar-refractivity contribution in [2.24, 2.45) is 10.7 Å². The second-order valence-corrected chi connectivity index (χ2v) is 14.6. The minimum Gasteiger partial charge on any atom is -0.459 e. The first-order chi connectivity index (χ1) is 27.8. The first kappa shape index (κ1) is 41.1. The maximum Gasteiger partial charge on any atom is 0.338 e. The molecule has 0 saturated carbocycles. The van der Waals surface area contributed by atoms with E-state index in [-0.39, 0.29) is 38.9 Å². The van der Waals surface area contributed by atoms with Crippen LogP contribution in [0.5, 0.6) is 0 Å². The first-order valence-electron chi connectivity index (χ1n) is 18.1. The zero-order chi connectivity index (χ0) is 41.6. The quantitative estimate of drug-likeness (QED) is 0.0581. The second-order valence-electron chi connectivity index (χ2n) is 13.8. The van der Waals surface area contributed by atoms with Crippen molar-refractivity contribution in [3.8, 4) is 0 Å². The van der Waals surface area contributed by atoms with Crippen molar-refractivity contribution < 1.29 is 42.9 Å². The number of carbonyl (C=O) groups is 5. The van der Waals surface area contributed by atoms with Crippen LogP contribution < -0.4 is 11.1 Å². The molecule has 15 heteroatoms. The highest BCUT2D eigenvalue weighted by atomic mass is 32.2. The van der Waals surface area contributed by atoms with E-state index in [1.165, 1.54) is 6.92 Å². The molecule has 2 heterocycles. The van der Waals surface area contributed by atoms with Gasteiger partial charge in [-0.05, 0) is 82.5 Å². The van der Waals surface area contributed by atoms with Crippen LogP contribution in [0.1, 0.15) is 87.3 Å². The van der Waals surface area contributed by atoms with Crippen molar-refractivity contribution in [3.05, 3.63) is 153 Å². The average molecular weight is 804 g/mol. The number of carbonyl (C=O) groups excluding carboxylic acids is 5. The van der Waals surface area contributed by atoms with Gasteiger partial charge in [-0.1, -0.05) is 83.0 Å². The number of H-pyrrole nitrogens is 1. The van der Waals surface area contributed by atoms with Gasteiger partial charge in [0.05, 0.1) is 22.4 Å². The lowest BCUT2D eigenvalue weighted by Gasteiger charge is -2.34. The van der Waals surface area contributed by atoms with Crippen LogP contribution in [0.25, 0.3) is 0 Å². The number of amides is 2. The maximum absolute atomic E-state index is 14.0. The van der Waals surface area contributed by atoms with Crippen LogP contribution in [0.2, 0.25) is 0 Å². The maximum atomic E-state index is 14.0.